The van der Waals surface area contributed by atoms with E-state index in [0.717, 1.165) is 18.8 Å². The van der Waals surface area contributed by atoms with Gasteiger partial charge in [-0.1, -0.05) is 17.7 Å². The highest BCUT2D eigenvalue weighted by Crippen LogP contribution is 2.23. The molecule has 0 radical (unpaired) electrons. The maximum absolute atomic E-state index is 6.05. The number of anilines is 1. The van der Waals surface area contributed by atoms with Crippen molar-refractivity contribution in [3.05, 3.63) is 42.1 Å². The number of hydrogen-bond acceptors (Lipinski definition) is 4. The van der Waals surface area contributed by atoms with Gasteiger partial charge in [0.2, 0.25) is 0 Å². The monoisotopic (exact) mass is 301 g/mol. The highest BCUT2D eigenvalue weighted by molar-refractivity contribution is 6.33. The molecule has 21 heavy (non-hydrogen) atoms. The first kappa shape index (κ1) is 13.8. The molecule has 0 aliphatic rings. The molecule has 0 unspecified atom stereocenters. The van der Waals surface area contributed by atoms with Crippen LogP contribution in [0.1, 0.15) is 13.8 Å². The van der Waals surface area contributed by atoms with Crippen LogP contribution < -0.4 is 4.90 Å². The van der Waals surface area contributed by atoms with Gasteiger partial charge < -0.3 is 4.90 Å². The van der Waals surface area contributed by atoms with Gasteiger partial charge in [-0.25, -0.2) is 15.0 Å². The number of fused-ring (bicyclic) bond motifs is 1. The van der Waals surface area contributed by atoms with Gasteiger partial charge in [0.15, 0.2) is 10.8 Å². The molecule has 0 fully saturated rings. The number of rotatable bonds is 4. The summed E-state index contributed by atoms with van der Waals surface area (Å²) in [6.45, 7) is 6.24. The molecule has 0 aliphatic heterocycles. The first-order valence-corrected chi connectivity index (χ1v) is 7.31. The summed E-state index contributed by atoms with van der Waals surface area (Å²) in [6, 6.07) is 8.31. The first-order chi connectivity index (χ1) is 10.2. The summed E-state index contributed by atoms with van der Waals surface area (Å²) in [6.07, 6.45) is 3.18. The van der Waals surface area contributed by atoms with Crippen LogP contribution >= 0.6 is 11.6 Å². The molecular formula is C15H16ClN5. The highest BCUT2D eigenvalue weighted by atomic mass is 35.5. The van der Waals surface area contributed by atoms with E-state index in [4.69, 9.17) is 11.6 Å². The minimum atomic E-state index is 0.374. The maximum atomic E-state index is 6.05. The molecule has 5 nitrogen and oxygen atoms in total. The van der Waals surface area contributed by atoms with Gasteiger partial charge in [-0.05, 0) is 32.0 Å². The zero-order chi connectivity index (χ0) is 14.8. The molecule has 0 saturated heterocycles. The van der Waals surface area contributed by atoms with Crippen molar-refractivity contribution in [3.8, 4) is 5.69 Å². The summed E-state index contributed by atoms with van der Waals surface area (Å²) >= 11 is 6.05. The fourth-order valence-electron chi connectivity index (χ4n) is 2.42. The molecule has 0 amide bonds. The molecule has 2 aromatic heterocycles. The van der Waals surface area contributed by atoms with Crippen molar-refractivity contribution in [1.82, 2.24) is 19.5 Å². The van der Waals surface area contributed by atoms with Gasteiger partial charge in [0, 0.05) is 18.8 Å². The number of hydrogen-bond donors (Lipinski definition) is 0. The predicted octanol–water partition coefficient (Wildman–Crippen LogP) is 3.32. The summed E-state index contributed by atoms with van der Waals surface area (Å²) in [5.74, 6) is 0. The lowest BCUT2D eigenvalue weighted by Crippen LogP contribution is -2.21. The van der Waals surface area contributed by atoms with E-state index in [1.807, 2.05) is 16.7 Å². The summed E-state index contributed by atoms with van der Waals surface area (Å²) in [5.41, 5.74) is 3.52. The molecule has 0 bridgehead atoms. The summed E-state index contributed by atoms with van der Waals surface area (Å²) in [7, 11) is 0. The molecular weight excluding hydrogens is 286 g/mol. The third-order valence-corrected chi connectivity index (χ3v) is 3.80. The molecule has 3 aromatic rings. The number of benzene rings is 1. The van der Waals surface area contributed by atoms with E-state index in [-0.39, 0.29) is 0 Å². The topological polar surface area (TPSA) is 46.8 Å². The number of nitrogens with zero attached hydrogens (tertiary/aromatic N) is 5. The molecule has 0 N–H and O–H groups in total. The van der Waals surface area contributed by atoms with Crippen LogP contribution in [0.3, 0.4) is 0 Å². The zero-order valence-corrected chi connectivity index (χ0v) is 12.7. The van der Waals surface area contributed by atoms with Gasteiger partial charge in [-0.15, -0.1) is 0 Å². The predicted molar refractivity (Wildman–Crippen MR) is 85.2 cm³/mol. The summed E-state index contributed by atoms with van der Waals surface area (Å²) in [5, 5.41) is 0.374. The van der Waals surface area contributed by atoms with Crippen LogP contribution in [0.25, 0.3) is 16.9 Å². The Morgan fingerprint density at radius 3 is 2.71 bits per heavy atom. The minimum absolute atomic E-state index is 0.374. The van der Waals surface area contributed by atoms with E-state index in [2.05, 4.69) is 45.8 Å². The van der Waals surface area contributed by atoms with Crippen molar-refractivity contribution in [1.29, 1.82) is 0 Å². The number of imidazole rings is 1. The lowest BCUT2D eigenvalue weighted by atomic mass is 10.2. The average Bonchev–Trinajstić information content (AvgIpc) is 2.94. The fourth-order valence-corrected chi connectivity index (χ4v) is 2.60. The smallest absolute Gasteiger partial charge is 0.169 e. The van der Waals surface area contributed by atoms with Gasteiger partial charge >= 0.3 is 0 Å². The molecule has 0 spiro atoms. The molecule has 3 rings (SSSR count). The Morgan fingerprint density at radius 1 is 1.14 bits per heavy atom. The van der Waals surface area contributed by atoms with Gasteiger partial charge in [0.05, 0.1) is 5.69 Å². The fraction of sp³-hybridized carbons (Fsp3) is 0.267. The van der Waals surface area contributed by atoms with Gasteiger partial charge in [0.1, 0.15) is 18.2 Å². The second-order valence-electron chi connectivity index (χ2n) is 4.64. The van der Waals surface area contributed by atoms with E-state index in [0.29, 0.717) is 16.3 Å². The SMILES string of the molecule is CCN(CC)c1cccc(-n2cnc3c(Cl)ncnc32)c1. The molecule has 6 heteroatoms. The van der Waals surface area contributed by atoms with Crippen molar-refractivity contribution in [2.45, 2.75) is 13.8 Å². The van der Waals surface area contributed by atoms with Crippen LogP contribution in [-0.4, -0.2) is 32.6 Å². The number of aromatic nitrogens is 4. The Kier molecular flexibility index (Phi) is 3.75. The second kappa shape index (κ2) is 5.69. The number of halogens is 1. The van der Waals surface area contributed by atoms with Crippen LogP contribution in [0.2, 0.25) is 5.15 Å². The Morgan fingerprint density at radius 2 is 1.95 bits per heavy atom. The summed E-state index contributed by atoms with van der Waals surface area (Å²) in [4.78, 5) is 14.8. The lowest BCUT2D eigenvalue weighted by molar-refractivity contribution is 0.865. The molecule has 1 aromatic carbocycles. The zero-order valence-electron chi connectivity index (χ0n) is 12.0. The lowest BCUT2D eigenvalue weighted by Gasteiger charge is -2.21. The minimum Gasteiger partial charge on any atom is -0.372 e. The maximum Gasteiger partial charge on any atom is 0.169 e. The molecule has 0 saturated carbocycles. The Labute approximate surface area is 128 Å². The quantitative estimate of drug-likeness (QED) is 0.694. The third-order valence-electron chi connectivity index (χ3n) is 3.53. The van der Waals surface area contributed by atoms with Gasteiger partial charge in [-0.2, -0.15) is 0 Å². The van der Waals surface area contributed by atoms with Crippen LogP contribution in [0.15, 0.2) is 36.9 Å². The normalized spacial score (nSPS) is 11.0. The Balaban J connectivity index is 2.11. The Bertz CT molecular complexity index is 764. The van der Waals surface area contributed by atoms with Crippen molar-refractivity contribution >= 4 is 28.5 Å². The second-order valence-corrected chi connectivity index (χ2v) is 5.00. The highest BCUT2D eigenvalue weighted by Gasteiger charge is 2.10. The largest absolute Gasteiger partial charge is 0.372 e. The van der Waals surface area contributed by atoms with Crippen molar-refractivity contribution in [2.24, 2.45) is 0 Å². The molecule has 2 heterocycles. The van der Waals surface area contributed by atoms with Crippen molar-refractivity contribution < 1.29 is 0 Å². The van der Waals surface area contributed by atoms with Crippen LogP contribution in [-0.2, 0) is 0 Å². The Hall–Kier alpha value is -2.14. The average molecular weight is 302 g/mol. The van der Waals surface area contributed by atoms with Gasteiger partial charge in [0.25, 0.3) is 0 Å². The van der Waals surface area contributed by atoms with Crippen LogP contribution in [0.5, 0.6) is 0 Å². The van der Waals surface area contributed by atoms with Crippen LogP contribution in [0.4, 0.5) is 5.69 Å². The molecule has 108 valence electrons. The third kappa shape index (κ3) is 2.45. The first-order valence-electron chi connectivity index (χ1n) is 6.93. The summed E-state index contributed by atoms with van der Waals surface area (Å²) < 4.78 is 1.93. The van der Waals surface area contributed by atoms with E-state index >= 15 is 0 Å². The van der Waals surface area contributed by atoms with Crippen LogP contribution in [0, 0.1) is 0 Å². The van der Waals surface area contributed by atoms with E-state index in [9.17, 15) is 0 Å². The van der Waals surface area contributed by atoms with Crippen molar-refractivity contribution in [3.63, 3.8) is 0 Å². The standard InChI is InChI=1S/C15H16ClN5/c1-3-20(4-2)11-6-5-7-12(8-11)21-10-19-13-14(16)17-9-18-15(13)21/h5-10H,3-4H2,1-2H3. The van der Waals surface area contributed by atoms with Crippen molar-refractivity contribution in [2.75, 3.05) is 18.0 Å². The van der Waals surface area contributed by atoms with Gasteiger partial charge in [-0.3, -0.25) is 4.57 Å². The molecule has 0 atom stereocenters. The molecule has 0 aliphatic carbocycles. The van der Waals surface area contributed by atoms with E-state index < -0.39 is 0 Å². The van der Waals surface area contributed by atoms with E-state index in [1.165, 1.54) is 12.0 Å². The van der Waals surface area contributed by atoms with E-state index in [1.54, 1.807) is 6.33 Å².